The average Bonchev–Trinajstić information content (AvgIpc) is 2.56. The van der Waals surface area contributed by atoms with Gasteiger partial charge in [-0.25, -0.2) is 9.67 Å². The Balaban J connectivity index is 2.55. The first-order valence-corrected chi connectivity index (χ1v) is 4.48. The van der Waals surface area contributed by atoms with Gasteiger partial charge < -0.3 is 5.73 Å². The second-order valence-electron chi connectivity index (χ2n) is 3.00. The van der Waals surface area contributed by atoms with Crippen LogP contribution in [-0.4, -0.2) is 14.8 Å². The third kappa shape index (κ3) is 1.56. The fourth-order valence-electron chi connectivity index (χ4n) is 1.19. The summed E-state index contributed by atoms with van der Waals surface area (Å²) < 4.78 is 1.56. The number of benzene rings is 1. The van der Waals surface area contributed by atoms with Crippen LogP contribution in [0, 0.1) is 6.92 Å². The molecule has 4 nitrogen and oxygen atoms in total. The van der Waals surface area contributed by atoms with Crippen molar-refractivity contribution in [3.05, 3.63) is 35.1 Å². The fraction of sp³-hybridized carbons (Fsp3) is 0.111. The molecular weight excluding hydrogens is 200 g/mol. The van der Waals surface area contributed by atoms with Gasteiger partial charge in [-0.1, -0.05) is 17.7 Å². The minimum absolute atomic E-state index is 0.238. The SMILES string of the molecule is Cc1ccc(Cl)c(-n2cnc(N)n2)c1. The Bertz CT molecular complexity index is 464. The highest BCUT2D eigenvalue weighted by atomic mass is 35.5. The standard InChI is InChI=1S/C9H9ClN4/c1-6-2-3-7(10)8(4-6)14-5-12-9(11)13-14/h2-5H,1H3,(H2,11,13). The number of aromatic nitrogens is 3. The summed E-state index contributed by atoms with van der Waals surface area (Å²) in [5.74, 6) is 0.238. The maximum Gasteiger partial charge on any atom is 0.239 e. The third-order valence-electron chi connectivity index (χ3n) is 1.86. The maximum absolute atomic E-state index is 6.01. The Labute approximate surface area is 86.3 Å². The van der Waals surface area contributed by atoms with Gasteiger partial charge in [0, 0.05) is 0 Å². The summed E-state index contributed by atoms with van der Waals surface area (Å²) in [5.41, 5.74) is 7.32. The molecule has 0 aliphatic carbocycles. The summed E-state index contributed by atoms with van der Waals surface area (Å²) in [5, 5.41) is 4.61. The Hall–Kier alpha value is -1.55. The van der Waals surface area contributed by atoms with Gasteiger partial charge in [0.25, 0.3) is 0 Å². The molecule has 72 valence electrons. The zero-order valence-corrected chi connectivity index (χ0v) is 8.36. The van der Waals surface area contributed by atoms with Crippen molar-refractivity contribution in [3.63, 3.8) is 0 Å². The number of halogens is 1. The quantitative estimate of drug-likeness (QED) is 0.778. The second kappa shape index (κ2) is 3.31. The van der Waals surface area contributed by atoms with Crippen LogP contribution in [0.5, 0.6) is 0 Å². The molecule has 0 radical (unpaired) electrons. The van der Waals surface area contributed by atoms with Crippen LogP contribution in [0.4, 0.5) is 5.95 Å². The molecule has 0 aliphatic heterocycles. The van der Waals surface area contributed by atoms with Gasteiger partial charge in [-0.15, -0.1) is 5.10 Å². The van der Waals surface area contributed by atoms with E-state index in [1.54, 1.807) is 4.68 Å². The van der Waals surface area contributed by atoms with Crippen LogP contribution in [-0.2, 0) is 0 Å². The van der Waals surface area contributed by atoms with E-state index < -0.39 is 0 Å². The third-order valence-corrected chi connectivity index (χ3v) is 2.18. The van der Waals surface area contributed by atoms with Crippen LogP contribution < -0.4 is 5.73 Å². The lowest BCUT2D eigenvalue weighted by Gasteiger charge is -2.03. The lowest BCUT2D eigenvalue weighted by atomic mass is 10.2. The number of aryl methyl sites for hydroxylation is 1. The summed E-state index contributed by atoms with van der Waals surface area (Å²) in [6.45, 7) is 1.99. The van der Waals surface area contributed by atoms with Crippen LogP contribution in [0.15, 0.2) is 24.5 Å². The Kier molecular flexibility index (Phi) is 2.13. The average molecular weight is 209 g/mol. The monoisotopic (exact) mass is 208 g/mol. The van der Waals surface area contributed by atoms with E-state index in [4.69, 9.17) is 17.3 Å². The first-order chi connectivity index (χ1) is 6.66. The van der Waals surface area contributed by atoms with Gasteiger partial charge in [0.05, 0.1) is 10.7 Å². The predicted octanol–water partition coefficient (Wildman–Crippen LogP) is 1.81. The highest BCUT2D eigenvalue weighted by Gasteiger charge is 2.04. The molecule has 0 unspecified atom stereocenters. The van der Waals surface area contributed by atoms with Crippen LogP contribution in [0.1, 0.15) is 5.56 Å². The van der Waals surface area contributed by atoms with E-state index in [0.717, 1.165) is 11.3 Å². The van der Waals surface area contributed by atoms with E-state index in [0.29, 0.717) is 5.02 Å². The molecule has 0 aliphatic rings. The molecule has 0 spiro atoms. The lowest BCUT2D eigenvalue weighted by molar-refractivity contribution is 0.882. The van der Waals surface area contributed by atoms with Gasteiger partial charge in [0.1, 0.15) is 6.33 Å². The molecule has 1 aromatic heterocycles. The van der Waals surface area contributed by atoms with Gasteiger partial charge in [0.2, 0.25) is 5.95 Å². The van der Waals surface area contributed by atoms with Crippen molar-refractivity contribution >= 4 is 17.5 Å². The van der Waals surface area contributed by atoms with Crippen molar-refractivity contribution in [1.29, 1.82) is 0 Å². The molecule has 0 bridgehead atoms. The summed E-state index contributed by atoms with van der Waals surface area (Å²) in [4.78, 5) is 3.83. The molecule has 1 heterocycles. The number of nitrogen functional groups attached to an aromatic ring is 1. The fourth-order valence-corrected chi connectivity index (χ4v) is 1.39. The molecule has 0 atom stereocenters. The molecule has 14 heavy (non-hydrogen) atoms. The number of nitrogens with two attached hydrogens (primary N) is 1. The van der Waals surface area contributed by atoms with E-state index in [1.807, 2.05) is 25.1 Å². The number of nitrogens with zero attached hydrogens (tertiary/aromatic N) is 3. The molecule has 0 fully saturated rings. The van der Waals surface area contributed by atoms with Crippen LogP contribution in [0.2, 0.25) is 5.02 Å². The molecule has 5 heteroatoms. The minimum Gasteiger partial charge on any atom is -0.366 e. The van der Waals surface area contributed by atoms with Crippen molar-refractivity contribution in [2.45, 2.75) is 6.92 Å². The van der Waals surface area contributed by atoms with E-state index in [9.17, 15) is 0 Å². The number of hydrogen-bond donors (Lipinski definition) is 1. The topological polar surface area (TPSA) is 56.7 Å². The summed E-state index contributed by atoms with van der Waals surface area (Å²) in [7, 11) is 0. The zero-order valence-electron chi connectivity index (χ0n) is 7.61. The Morgan fingerprint density at radius 3 is 2.86 bits per heavy atom. The smallest absolute Gasteiger partial charge is 0.239 e. The Morgan fingerprint density at radius 2 is 2.21 bits per heavy atom. The first kappa shape index (κ1) is 9.02. The van der Waals surface area contributed by atoms with Gasteiger partial charge in [-0.3, -0.25) is 0 Å². The molecule has 2 rings (SSSR count). The number of rotatable bonds is 1. The maximum atomic E-state index is 6.01. The van der Waals surface area contributed by atoms with Gasteiger partial charge in [-0.2, -0.15) is 0 Å². The van der Waals surface area contributed by atoms with Crippen LogP contribution in [0.25, 0.3) is 5.69 Å². The normalized spacial score (nSPS) is 10.4. The number of anilines is 1. The van der Waals surface area contributed by atoms with E-state index in [2.05, 4.69) is 10.1 Å². The summed E-state index contributed by atoms with van der Waals surface area (Å²) in [6.07, 6.45) is 1.54. The molecule has 0 saturated carbocycles. The van der Waals surface area contributed by atoms with Crippen molar-refractivity contribution in [2.24, 2.45) is 0 Å². The van der Waals surface area contributed by atoms with E-state index in [-0.39, 0.29) is 5.95 Å². The number of hydrogen-bond acceptors (Lipinski definition) is 3. The van der Waals surface area contributed by atoms with E-state index >= 15 is 0 Å². The largest absolute Gasteiger partial charge is 0.366 e. The van der Waals surface area contributed by atoms with Crippen molar-refractivity contribution in [2.75, 3.05) is 5.73 Å². The molecule has 2 N–H and O–H groups in total. The summed E-state index contributed by atoms with van der Waals surface area (Å²) >= 11 is 6.01. The highest BCUT2D eigenvalue weighted by Crippen LogP contribution is 2.20. The molecule has 0 amide bonds. The van der Waals surface area contributed by atoms with Gasteiger partial charge >= 0.3 is 0 Å². The van der Waals surface area contributed by atoms with Crippen molar-refractivity contribution in [1.82, 2.24) is 14.8 Å². The molecule has 1 aromatic carbocycles. The lowest BCUT2D eigenvalue weighted by Crippen LogP contribution is -1.97. The highest BCUT2D eigenvalue weighted by molar-refractivity contribution is 6.32. The summed E-state index contributed by atoms with van der Waals surface area (Å²) in [6, 6.07) is 5.69. The van der Waals surface area contributed by atoms with Crippen molar-refractivity contribution in [3.8, 4) is 5.69 Å². The van der Waals surface area contributed by atoms with Crippen LogP contribution >= 0.6 is 11.6 Å². The first-order valence-electron chi connectivity index (χ1n) is 4.10. The van der Waals surface area contributed by atoms with E-state index in [1.165, 1.54) is 6.33 Å². The van der Waals surface area contributed by atoms with Crippen LogP contribution in [0.3, 0.4) is 0 Å². The minimum atomic E-state index is 0.238. The van der Waals surface area contributed by atoms with Gasteiger partial charge in [0.15, 0.2) is 0 Å². The molecule has 2 aromatic rings. The molecular formula is C9H9ClN4. The Morgan fingerprint density at radius 1 is 1.43 bits per heavy atom. The van der Waals surface area contributed by atoms with Gasteiger partial charge in [-0.05, 0) is 24.6 Å². The zero-order chi connectivity index (χ0) is 10.1. The van der Waals surface area contributed by atoms with Crippen molar-refractivity contribution < 1.29 is 0 Å². The predicted molar refractivity (Wildman–Crippen MR) is 55.5 cm³/mol. The molecule has 0 saturated heterocycles. The second-order valence-corrected chi connectivity index (χ2v) is 3.41.